The largest absolute Gasteiger partial charge is 0.507 e. The van der Waals surface area contributed by atoms with Crippen LogP contribution in [0.2, 0.25) is 0 Å². The Labute approximate surface area is 109 Å². The SMILES string of the molecule is CCOCCCNC(=O)c1ccc(Br)cc1O. The van der Waals surface area contributed by atoms with Crippen LogP contribution in [0.1, 0.15) is 23.7 Å². The van der Waals surface area contributed by atoms with E-state index in [1.807, 2.05) is 6.92 Å². The van der Waals surface area contributed by atoms with E-state index in [2.05, 4.69) is 21.2 Å². The number of carbonyl (C=O) groups is 1. The normalized spacial score (nSPS) is 10.2. The molecule has 0 aliphatic carbocycles. The Balaban J connectivity index is 2.42. The van der Waals surface area contributed by atoms with Gasteiger partial charge in [-0.3, -0.25) is 4.79 Å². The fourth-order valence-corrected chi connectivity index (χ4v) is 1.66. The van der Waals surface area contributed by atoms with E-state index < -0.39 is 0 Å². The van der Waals surface area contributed by atoms with Gasteiger partial charge in [-0.05, 0) is 31.5 Å². The standard InChI is InChI=1S/C12H16BrNO3/c1-2-17-7-3-6-14-12(16)10-5-4-9(13)8-11(10)15/h4-5,8,15H,2-3,6-7H2,1H3,(H,14,16). The quantitative estimate of drug-likeness (QED) is 0.793. The van der Waals surface area contributed by atoms with Crippen molar-refractivity contribution in [3.05, 3.63) is 28.2 Å². The van der Waals surface area contributed by atoms with Crippen molar-refractivity contribution in [3.63, 3.8) is 0 Å². The molecule has 0 aliphatic heterocycles. The lowest BCUT2D eigenvalue weighted by Crippen LogP contribution is -2.25. The Morgan fingerprint density at radius 3 is 2.94 bits per heavy atom. The smallest absolute Gasteiger partial charge is 0.255 e. The molecular weight excluding hydrogens is 286 g/mol. The van der Waals surface area contributed by atoms with Crippen molar-refractivity contribution in [1.82, 2.24) is 5.32 Å². The maximum absolute atomic E-state index is 11.7. The molecule has 17 heavy (non-hydrogen) atoms. The number of carbonyl (C=O) groups excluding carboxylic acids is 1. The fourth-order valence-electron chi connectivity index (χ4n) is 1.31. The average Bonchev–Trinajstić information content (AvgIpc) is 2.28. The molecular formula is C12H16BrNO3. The van der Waals surface area contributed by atoms with E-state index in [-0.39, 0.29) is 17.2 Å². The molecule has 1 aromatic rings. The van der Waals surface area contributed by atoms with Gasteiger partial charge in [-0.15, -0.1) is 0 Å². The summed E-state index contributed by atoms with van der Waals surface area (Å²) in [6, 6.07) is 4.79. The van der Waals surface area contributed by atoms with Gasteiger partial charge in [-0.2, -0.15) is 0 Å². The van der Waals surface area contributed by atoms with Gasteiger partial charge in [0.05, 0.1) is 5.56 Å². The van der Waals surface area contributed by atoms with Crippen LogP contribution in [0, 0.1) is 0 Å². The highest BCUT2D eigenvalue weighted by Crippen LogP contribution is 2.21. The van der Waals surface area contributed by atoms with Crippen molar-refractivity contribution in [2.75, 3.05) is 19.8 Å². The third-order valence-corrected chi connectivity index (χ3v) is 2.65. The zero-order chi connectivity index (χ0) is 12.7. The van der Waals surface area contributed by atoms with Crippen LogP contribution in [0.4, 0.5) is 0 Å². The van der Waals surface area contributed by atoms with Gasteiger partial charge in [0.2, 0.25) is 0 Å². The van der Waals surface area contributed by atoms with Gasteiger partial charge in [0.1, 0.15) is 5.75 Å². The van der Waals surface area contributed by atoms with Crippen LogP contribution >= 0.6 is 15.9 Å². The van der Waals surface area contributed by atoms with Crippen molar-refractivity contribution in [2.24, 2.45) is 0 Å². The van der Waals surface area contributed by atoms with E-state index in [1.165, 1.54) is 6.07 Å². The molecule has 0 fully saturated rings. The number of halogens is 1. The molecule has 1 amide bonds. The van der Waals surface area contributed by atoms with Crippen molar-refractivity contribution in [1.29, 1.82) is 0 Å². The maximum Gasteiger partial charge on any atom is 0.255 e. The molecule has 0 saturated carbocycles. The van der Waals surface area contributed by atoms with E-state index in [0.717, 1.165) is 10.9 Å². The number of benzene rings is 1. The average molecular weight is 302 g/mol. The number of hydrogen-bond acceptors (Lipinski definition) is 3. The van der Waals surface area contributed by atoms with E-state index in [4.69, 9.17) is 4.74 Å². The van der Waals surface area contributed by atoms with Crippen LogP contribution in [0.25, 0.3) is 0 Å². The molecule has 0 spiro atoms. The summed E-state index contributed by atoms with van der Waals surface area (Å²) in [4.78, 5) is 11.7. The third kappa shape index (κ3) is 4.75. The first-order valence-corrected chi connectivity index (χ1v) is 6.29. The first-order chi connectivity index (χ1) is 8.15. The minimum atomic E-state index is -0.272. The molecule has 1 aromatic carbocycles. The third-order valence-electron chi connectivity index (χ3n) is 2.16. The Morgan fingerprint density at radius 1 is 1.53 bits per heavy atom. The number of nitrogens with one attached hydrogen (secondary N) is 1. The number of phenolic OH excluding ortho intramolecular Hbond substituents is 1. The van der Waals surface area contributed by atoms with Gasteiger partial charge < -0.3 is 15.2 Å². The summed E-state index contributed by atoms with van der Waals surface area (Å²) in [5.41, 5.74) is 0.282. The van der Waals surface area contributed by atoms with Crippen molar-refractivity contribution in [2.45, 2.75) is 13.3 Å². The van der Waals surface area contributed by atoms with Crippen LogP contribution in [0.5, 0.6) is 5.75 Å². The van der Waals surface area contributed by atoms with Gasteiger partial charge in [0, 0.05) is 24.2 Å². The number of aromatic hydroxyl groups is 1. The molecule has 0 radical (unpaired) electrons. The molecule has 0 unspecified atom stereocenters. The number of phenols is 1. The van der Waals surface area contributed by atoms with Crippen LogP contribution in [-0.4, -0.2) is 30.8 Å². The van der Waals surface area contributed by atoms with Gasteiger partial charge in [0.15, 0.2) is 0 Å². The topological polar surface area (TPSA) is 58.6 Å². The fraction of sp³-hybridized carbons (Fsp3) is 0.417. The Hall–Kier alpha value is -1.07. The summed E-state index contributed by atoms with van der Waals surface area (Å²) in [5, 5.41) is 12.3. The molecule has 0 atom stereocenters. The molecule has 0 bridgehead atoms. The summed E-state index contributed by atoms with van der Waals surface area (Å²) < 4.78 is 5.89. The predicted molar refractivity (Wildman–Crippen MR) is 69.3 cm³/mol. The van der Waals surface area contributed by atoms with Crippen LogP contribution in [0.15, 0.2) is 22.7 Å². The molecule has 5 heteroatoms. The number of hydrogen-bond donors (Lipinski definition) is 2. The van der Waals surface area contributed by atoms with Crippen molar-refractivity contribution < 1.29 is 14.6 Å². The second kappa shape index (κ2) is 7.29. The van der Waals surface area contributed by atoms with Crippen molar-refractivity contribution in [3.8, 4) is 5.75 Å². The Morgan fingerprint density at radius 2 is 2.29 bits per heavy atom. The molecule has 94 valence electrons. The highest BCUT2D eigenvalue weighted by molar-refractivity contribution is 9.10. The first-order valence-electron chi connectivity index (χ1n) is 5.49. The van der Waals surface area contributed by atoms with E-state index >= 15 is 0 Å². The zero-order valence-corrected chi connectivity index (χ0v) is 11.3. The second-order valence-corrected chi connectivity index (χ2v) is 4.38. The van der Waals surface area contributed by atoms with Crippen LogP contribution < -0.4 is 5.32 Å². The maximum atomic E-state index is 11.7. The second-order valence-electron chi connectivity index (χ2n) is 3.47. The number of ether oxygens (including phenoxy) is 1. The Kier molecular flexibility index (Phi) is 6.00. The van der Waals surface area contributed by atoms with E-state index in [0.29, 0.717) is 19.8 Å². The lowest BCUT2D eigenvalue weighted by atomic mass is 10.2. The first kappa shape index (κ1) is 14.0. The summed E-state index contributed by atoms with van der Waals surface area (Å²) in [6.07, 6.45) is 0.761. The highest BCUT2D eigenvalue weighted by Gasteiger charge is 2.10. The molecule has 1 rings (SSSR count). The highest BCUT2D eigenvalue weighted by atomic mass is 79.9. The van der Waals surface area contributed by atoms with Gasteiger partial charge in [-0.25, -0.2) is 0 Å². The van der Waals surface area contributed by atoms with Crippen LogP contribution in [0.3, 0.4) is 0 Å². The van der Waals surface area contributed by atoms with E-state index in [9.17, 15) is 9.90 Å². The van der Waals surface area contributed by atoms with E-state index in [1.54, 1.807) is 12.1 Å². The summed E-state index contributed by atoms with van der Waals surface area (Å²) in [6.45, 7) is 3.78. The lowest BCUT2D eigenvalue weighted by Gasteiger charge is -2.07. The molecule has 0 heterocycles. The zero-order valence-electron chi connectivity index (χ0n) is 9.70. The molecule has 0 saturated heterocycles. The van der Waals surface area contributed by atoms with Gasteiger partial charge >= 0.3 is 0 Å². The molecule has 0 aromatic heterocycles. The monoisotopic (exact) mass is 301 g/mol. The summed E-state index contributed by atoms with van der Waals surface area (Å²) >= 11 is 3.22. The summed E-state index contributed by atoms with van der Waals surface area (Å²) in [7, 11) is 0. The number of amides is 1. The minimum absolute atomic E-state index is 0.0262. The minimum Gasteiger partial charge on any atom is -0.507 e. The van der Waals surface area contributed by atoms with Crippen molar-refractivity contribution >= 4 is 21.8 Å². The molecule has 4 nitrogen and oxygen atoms in total. The predicted octanol–water partition coefficient (Wildman–Crippen LogP) is 2.31. The van der Waals surface area contributed by atoms with Gasteiger partial charge in [0.25, 0.3) is 5.91 Å². The molecule has 2 N–H and O–H groups in total. The Bertz CT molecular complexity index is 382. The van der Waals surface area contributed by atoms with Crippen LogP contribution in [-0.2, 0) is 4.74 Å². The number of rotatable bonds is 6. The molecule has 0 aliphatic rings. The summed E-state index contributed by atoms with van der Waals surface area (Å²) in [5.74, 6) is -0.298. The van der Waals surface area contributed by atoms with Gasteiger partial charge in [-0.1, -0.05) is 15.9 Å². The lowest BCUT2D eigenvalue weighted by molar-refractivity contribution is 0.0941.